The zero-order valence-corrected chi connectivity index (χ0v) is 21.8. The van der Waals surface area contributed by atoms with Crippen molar-refractivity contribution in [2.45, 2.75) is 37.1 Å². The second-order valence-corrected chi connectivity index (χ2v) is 10.2. The molecule has 0 spiro atoms. The van der Waals surface area contributed by atoms with Gasteiger partial charge in [0.05, 0.1) is 29.4 Å². The van der Waals surface area contributed by atoms with Gasteiger partial charge in [-0.15, -0.1) is 11.8 Å². The lowest BCUT2D eigenvalue weighted by molar-refractivity contribution is -0.268. The molecule has 0 unspecified atom stereocenters. The number of amides is 1. The number of anilines is 1. The number of carbonyl (C=O) groups excluding carboxylic acids is 1. The number of nitrogens with one attached hydrogen (secondary N) is 1. The Morgan fingerprint density at radius 3 is 2.42 bits per heavy atom. The van der Waals surface area contributed by atoms with Crippen molar-refractivity contribution in [1.82, 2.24) is 9.97 Å². The summed E-state index contributed by atoms with van der Waals surface area (Å²) in [5.41, 5.74) is 3.92. The summed E-state index contributed by atoms with van der Waals surface area (Å²) in [6.45, 7) is 2.14. The smallest absolute Gasteiger partial charge is 0.257 e. The van der Waals surface area contributed by atoms with E-state index in [1.165, 1.54) is 6.20 Å². The number of aliphatic hydroxyl groups is 1. The van der Waals surface area contributed by atoms with Crippen LogP contribution in [0.2, 0.25) is 0 Å². The van der Waals surface area contributed by atoms with E-state index in [2.05, 4.69) is 22.2 Å². The maximum absolute atomic E-state index is 12.5. The average molecular weight is 528 g/mol. The normalized spacial score (nSPS) is 21.1. The molecule has 4 atom stereocenters. The Morgan fingerprint density at radius 2 is 1.74 bits per heavy atom. The number of ether oxygens (including phenoxy) is 2. The quantitative estimate of drug-likeness (QED) is 0.280. The van der Waals surface area contributed by atoms with E-state index in [0.717, 1.165) is 27.5 Å². The van der Waals surface area contributed by atoms with Crippen molar-refractivity contribution in [3.8, 4) is 0 Å². The van der Waals surface area contributed by atoms with Crippen LogP contribution in [0.4, 0.5) is 5.69 Å². The third-order valence-corrected chi connectivity index (χ3v) is 7.55. The molecule has 0 saturated carbocycles. The van der Waals surface area contributed by atoms with E-state index in [1.54, 1.807) is 36.3 Å². The first kappa shape index (κ1) is 26.1. The molecule has 1 saturated heterocycles. The first-order valence-corrected chi connectivity index (χ1v) is 13.4. The first-order valence-electron chi connectivity index (χ1n) is 12.5. The number of pyridine rings is 2. The second kappa shape index (κ2) is 12.3. The van der Waals surface area contributed by atoms with Crippen molar-refractivity contribution < 1.29 is 19.4 Å². The fourth-order valence-corrected chi connectivity index (χ4v) is 5.36. The number of hydrogen-bond acceptors (Lipinski definition) is 7. The number of aliphatic hydroxyl groups excluding tert-OH is 1. The molecule has 2 N–H and O–H groups in total. The van der Waals surface area contributed by atoms with Crippen LogP contribution in [0.3, 0.4) is 0 Å². The Hall–Kier alpha value is -3.56. The van der Waals surface area contributed by atoms with E-state index in [0.29, 0.717) is 11.3 Å². The van der Waals surface area contributed by atoms with Crippen molar-refractivity contribution in [1.29, 1.82) is 0 Å². The van der Waals surface area contributed by atoms with Gasteiger partial charge < -0.3 is 19.9 Å². The summed E-state index contributed by atoms with van der Waals surface area (Å²) in [6.07, 6.45) is 4.09. The monoisotopic (exact) mass is 527 g/mol. The Labute approximate surface area is 226 Å². The van der Waals surface area contributed by atoms with Crippen molar-refractivity contribution >= 4 is 23.4 Å². The summed E-state index contributed by atoms with van der Waals surface area (Å²) in [7, 11) is 0. The number of carbonyl (C=O) groups is 1. The molecule has 38 heavy (non-hydrogen) atoms. The highest BCUT2D eigenvalue weighted by molar-refractivity contribution is 7.99. The average Bonchev–Trinajstić information content (AvgIpc) is 2.98. The number of thioether (sulfide) groups is 1. The molecular weight excluding hydrogens is 498 g/mol. The van der Waals surface area contributed by atoms with Gasteiger partial charge in [-0.05, 0) is 47.5 Å². The lowest BCUT2D eigenvalue weighted by Gasteiger charge is -2.41. The predicted molar refractivity (Wildman–Crippen MR) is 147 cm³/mol. The van der Waals surface area contributed by atoms with E-state index >= 15 is 0 Å². The fraction of sp³-hybridized carbons (Fsp3) is 0.233. The topological polar surface area (TPSA) is 93.6 Å². The van der Waals surface area contributed by atoms with Crippen LogP contribution < -0.4 is 5.32 Å². The molecule has 1 aliphatic heterocycles. The highest BCUT2D eigenvalue weighted by Gasteiger charge is 2.38. The van der Waals surface area contributed by atoms with Crippen LogP contribution in [0.5, 0.6) is 0 Å². The maximum Gasteiger partial charge on any atom is 0.257 e. The number of hydrogen-bond donors (Lipinski definition) is 2. The molecule has 2 aromatic heterocycles. The van der Waals surface area contributed by atoms with Crippen LogP contribution in [-0.4, -0.2) is 32.8 Å². The molecule has 1 amide bonds. The van der Waals surface area contributed by atoms with Gasteiger partial charge in [0.2, 0.25) is 0 Å². The molecule has 0 radical (unpaired) electrons. The predicted octanol–water partition coefficient (Wildman–Crippen LogP) is 5.80. The van der Waals surface area contributed by atoms with Gasteiger partial charge in [0.1, 0.15) is 0 Å². The van der Waals surface area contributed by atoms with E-state index in [4.69, 9.17) is 9.47 Å². The van der Waals surface area contributed by atoms with E-state index in [-0.39, 0.29) is 30.6 Å². The van der Waals surface area contributed by atoms with E-state index in [1.807, 2.05) is 66.7 Å². The van der Waals surface area contributed by atoms with Crippen molar-refractivity contribution in [3.05, 3.63) is 120 Å². The molecule has 0 bridgehead atoms. The van der Waals surface area contributed by atoms with Crippen LogP contribution in [0.1, 0.15) is 46.4 Å². The second-order valence-electron chi connectivity index (χ2n) is 9.12. The van der Waals surface area contributed by atoms with Gasteiger partial charge in [-0.2, -0.15) is 0 Å². The molecule has 7 nitrogen and oxygen atoms in total. The number of aromatic nitrogens is 2. The van der Waals surface area contributed by atoms with Gasteiger partial charge >= 0.3 is 0 Å². The molecular formula is C30H29N3O4S. The molecule has 1 fully saturated rings. The third kappa shape index (κ3) is 6.28. The van der Waals surface area contributed by atoms with Crippen molar-refractivity contribution in [2.24, 2.45) is 5.92 Å². The Kier molecular flexibility index (Phi) is 8.45. The SMILES string of the molecule is C[C@H]1[C@@H](CSc2ccccn2)O[C@@H](c2ccc(NC(=O)c3cccnc3)cc2)O[C@H]1c1ccc(CO)cc1. The lowest BCUT2D eigenvalue weighted by atomic mass is 9.91. The van der Waals surface area contributed by atoms with Crippen LogP contribution >= 0.6 is 11.8 Å². The Morgan fingerprint density at radius 1 is 0.947 bits per heavy atom. The lowest BCUT2D eigenvalue weighted by Crippen LogP contribution is -2.38. The zero-order valence-electron chi connectivity index (χ0n) is 20.9. The van der Waals surface area contributed by atoms with Crippen LogP contribution in [0.15, 0.2) is 102 Å². The highest BCUT2D eigenvalue weighted by atomic mass is 32.2. The third-order valence-electron chi connectivity index (χ3n) is 6.52. The van der Waals surface area contributed by atoms with Crippen LogP contribution in [0.25, 0.3) is 0 Å². The first-order chi connectivity index (χ1) is 18.6. The summed E-state index contributed by atoms with van der Waals surface area (Å²) in [5.74, 6) is 0.589. The van der Waals surface area contributed by atoms with Gasteiger partial charge in [0.25, 0.3) is 5.91 Å². The van der Waals surface area contributed by atoms with Gasteiger partial charge in [-0.3, -0.25) is 9.78 Å². The minimum absolute atomic E-state index is 0.000105. The maximum atomic E-state index is 12.5. The van der Waals surface area contributed by atoms with Crippen LogP contribution in [0, 0.1) is 5.92 Å². The van der Waals surface area contributed by atoms with E-state index in [9.17, 15) is 9.90 Å². The molecule has 194 valence electrons. The molecule has 5 rings (SSSR count). The summed E-state index contributed by atoms with van der Waals surface area (Å²) in [5, 5.41) is 13.3. The Bertz CT molecular complexity index is 1320. The number of nitrogens with zero attached hydrogens (tertiary/aromatic N) is 2. The molecule has 2 aromatic carbocycles. The molecule has 8 heteroatoms. The van der Waals surface area contributed by atoms with E-state index < -0.39 is 6.29 Å². The van der Waals surface area contributed by atoms with Gasteiger partial charge in [-0.1, -0.05) is 49.4 Å². The molecule has 0 aliphatic carbocycles. The minimum atomic E-state index is -0.578. The molecule has 3 heterocycles. The molecule has 1 aliphatic rings. The standard InChI is InChI=1S/C30H29N3O4S/c1-20-26(19-38-27-6-2-3-16-32-27)36-30(37-28(20)22-9-7-21(18-34)8-10-22)23-11-13-25(14-12-23)33-29(35)24-5-4-15-31-17-24/h2-17,20,26,28,30,34H,18-19H2,1H3,(H,33,35)/t20-,26+,28+,30+/m0/s1. The summed E-state index contributed by atoms with van der Waals surface area (Å²) in [4.78, 5) is 20.9. The highest BCUT2D eigenvalue weighted by Crippen LogP contribution is 2.43. The summed E-state index contributed by atoms with van der Waals surface area (Å²) < 4.78 is 13.0. The Balaban J connectivity index is 1.34. The zero-order chi connectivity index (χ0) is 26.3. The van der Waals surface area contributed by atoms with Crippen molar-refractivity contribution in [2.75, 3.05) is 11.1 Å². The number of benzene rings is 2. The van der Waals surface area contributed by atoms with Gasteiger partial charge in [0.15, 0.2) is 6.29 Å². The van der Waals surface area contributed by atoms with Crippen LogP contribution in [-0.2, 0) is 16.1 Å². The summed E-state index contributed by atoms with van der Waals surface area (Å²) in [6, 6.07) is 24.7. The minimum Gasteiger partial charge on any atom is -0.392 e. The fourth-order valence-electron chi connectivity index (χ4n) is 4.33. The number of rotatable bonds is 8. The molecule has 4 aromatic rings. The van der Waals surface area contributed by atoms with Gasteiger partial charge in [0, 0.05) is 41.5 Å². The van der Waals surface area contributed by atoms with Gasteiger partial charge in [-0.25, -0.2) is 4.98 Å². The summed E-state index contributed by atoms with van der Waals surface area (Å²) >= 11 is 1.66. The van der Waals surface area contributed by atoms with Crippen molar-refractivity contribution in [3.63, 3.8) is 0 Å². The largest absolute Gasteiger partial charge is 0.392 e.